The maximum Gasteiger partial charge on any atom is 0.255 e. The van der Waals surface area contributed by atoms with Gasteiger partial charge in [0.1, 0.15) is 0 Å². The molecular formula is C14H16Br2ClNO2. The van der Waals surface area contributed by atoms with Crippen LogP contribution >= 0.6 is 43.5 Å². The van der Waals surface area contributed by atoms with E-state index in [2.05, 4.69) is 31.9 Å². The van der Waals surface area contributed by atoms with E-state index in [0.717, 1.165) is 42.3 Å². The molecule has 1 amide bonds. The van der Waals surface area contributed by atoms with Crippen LogP contribution in [0, 0.1) is 0 Å². The van der Waals surface area contributed by atoms with E-state index in [1.165, 1.54) is 0 Å². The minimum atomic E-state index is 0.0262. The van der Waals surface area contributed by atoms with Gasteiger partial charge >= 0.3 is 0 Å². The van der Waals surface area contributed by atoms with Crippen LogP contribution in [0.25, 0.3) is 0 Å². The van der Waals surface area contributed by atoms with Crippen LogP contribution in [0.4, 0.5) is 0 Å². The zero-order valence-corrected chi connectivity index (χ0v) is 14.9. The van der Waals surface area contributed by atoms with Gasteiger partial charge in [-0.25, -0.2) is 0 Å². The van der Waals surface area contributed by atoms with Crippen LogP contribution in [-0.4, -0.2) is 41.9 Å². The maximum absolute atomic E-state index is 12.5. The van der Waals surface area contributed by atoms with Crippen molar-refractivity contribution in [2.45, 2.75) is 18.9 Å². The number of ether oxygens (including phenoxy) is 1. The molecule has 0 spiro atoms. The Kier molecular flexibility index (Phi) is 6.33. The lowest BCUT2D eigenvalue weighted by atomic mass is 10.1. The van der Waals surface area contributed by atoms with Gasteiger partial charge in [-0.3, -0.25) is 4.79 Å². The van der Waals surface area contributed by atoms with Crippen molar-refractivity contribution in [3.63, 3.8) is 0 Å². The van der Waals surface area contributed by atoms with Crippen molar-refractivity contribution in [3.8, 4) is 0 Å². The van der Waals surface area contributed by atoms with Crippen LogP contribution in [0.15, 0.2) is 22.7 Å². The summed E-state index contributed by atoms with van der Waals surface area (Å²) in [7, 11) is 0. The second-order valence-electron chi connectivity index (χ2n) is 4.68. The standard InChI is InChI=1S/C14H16Br2ClNO2/c15-5-8-20-11-3-6-18(7-4-11)14(19)12-9-10(17)1-2-13(12)16/h1-2,9,11H,3-8H2. The van der Waals surface area contributed by atoms with Crippen LogP contribution in [0.5, 0.6) is 0 Å². The molecule has 0 saturated carbocycles. The molecule has 0 aliphatic carbocycles. The molecule has 3 nitrogen and oxygen atoms in total. The Morgan fingerprint density at radius 2 is 2.10 bits per heavy atom. The number of likely N-dealkylation sites (tertiary alicyclic amines) is 1. The Balaban J connectivity index is 1.96. The quantitative estimate of drug-likeness (QED) is 0.680. The molecule has 1 aromatic carbocycles. The predicted octanol–water partition coefficient (Wildman–Crippen LogP) is 4.12. The largest absolute Gasteiger partial charge is 0.377 e. The summed E-state index contributed by atoms with van der Waals surface area (Å²) in [5.74, 6) is 0.0262. The first-order chi connectivity index (χ1) is 9.61. The van der Waals surface area contributed by atoms with Crippen molar-refractivity contribution >= 4 is 49.4 Å². The molecule has 0 radical (unpaired) electrons. The number of halogens is 3. The summed E-state index contributed by atoms with van der Waals surface area (Å²) in [6, 6.07) is 5.28. The first kappa shape index (κ1) is 16.3. The van der Waals surface area contributed by atoms with Gasteiger partial charge in [0.2, 0.25) is 0 Å². The molecule has 0 N–H and O–H groups in total. The summed E-state index contributed by atoms with van der Waals surface area (Å²) in [4.78, 5) is 14.3. The third-order valence-electron chi connectivity index (χ3n) is 3.32. The highest BCUT2D eigenvalue weighted by atomic mass is 79.9. The summed E-state index contributed by atoms with van der Waals surface area (Å²) in [6.07, 6.45) is 2.04. The van der Waals surface area contributed by atoms with Crippen LogP contribution < -0.4 is 0 Å². The summed E-state index contributed by atoms with van der Waals surface area (Å²) < 4.78 is 6.48. The van der Waals surface area contributed by atoms with Gasteiger partial charge in [0.15, 0.2) is 0 Å². The van der Waals surface area contributed by atoms with Gasteiger partial charge in [0, 0.05) is 27.9 Å². The van der Waals surface area contributed by atoms with E-state index >= 15 is 0 Å². The fourth-order valence-corrected chi connectivity index (χ4v) is 3.04. The summed E-state index contributed by atoms with van der Waals surface area (Å²) >= 11 is 12.7. The molecule has 20 heavy (non-hydrogen) atoms. The lowest BCUT2D eigenvalue weighted by molar-refractivity contribution is 0.0159. The Hall–Kier alpha value is -0.100. The first-order valence-corrected chi connectivity index (χ1v) is 8.83. The van der Waals surface area contributed by atoms with E-state index in [1.807, 2.05) is 4.90 Å². The molecule has 6 heteroatoms. The highest BCUT2D eigenvalue weighted by Crippen LogP contribution is 2.24. The Morgan fingerprint density at radius 3 is 2.75 bits per heavy atom. The minimum absolute atomic E-state index is 0.0262. The number of piperidine rings is 1. The number of hydrogen-bond acceptors (Lipinski definition) is 2. The highest BCUT2D eigenvalue weighted by molar-refractivity contribution is 9.10. The molecule has 110 valence electrons. The normalized spacial score (nSPS) is 16.4. The lowest BCUT2D eigenvalue weighted by Gasteiger charge is -2.32. The fraction of sp³-hybridized carbons (Fsp3) is 0.500. The second kappa shape index (κ2) is 7.78. The van der Waals surface area contributed by atoms with Crippen LogP contribution in [-0.2, 0) is 4.74 Å². The Morgan fingerprint density at radius 1 is 1.40 bits per heavy atom. The van der Waals surface area contributed by atoms with Crippen molar-refractivity contribution < 1.29 is 9.53 Å². The SMILES string of the molecule is O=C(c1cc(Cl)ccc1Br)N1CCC(OCCBr)CC1. The Labute approximate surface area is 140 Å². The number of carbonyl (C=O) groups is 1. The summed E-state index contributed by atoms with van der Waals surface area (Å²) in [6.45, 7) is 2.17. The number of amides is 1. The van der Waals surface area contributed by atoms with Crippen LogP contribution in [0.1, 0.15) is 23.2 Å². The highest BCUT2D eigenvalue weighted by Gasteiger charge is 2.25. The zero-order valence-electron chi connectivity index (χ0n) is 10.9. The molecule has 1 aromatic rings. The number of benzene rings is 1. The van der Waals surface area contributed by atoms with Crippen molar-refractivity contribution in [2.75, 3.05) is 25.0 Å². The average Bonchev–Trinajstić information content (AvgIpc) is 2.47. The van der Waals surface area contributed by atoms with Gasteiger partial charge in [-0.05, 0) is 47.0 Å². The van der Waals surface area contributed by atoms with Crippen LogP contribution in [0.3, 0.4) is 0 Å². The third-order valence-corrected chi connectivity index (χ3v) is 4.57. The first-order valence-electron chi connectivity index (χ1n) is 6.53. The maximum atomic E-state index is 12.5. The molecule has 1 saturated heterocycles. The summed E-state index contributed by atoms with van der Waals surface area (Å²) in [5, 5.41) is 1.42. The fourth-order valence-electron chi connectivity index (χ4n) is 2.27. The molecule has 2 rings (SSSR count). The lowest BCUT2D eigenvalue weighted by Crippen LogP contribution is -2.41. The van der Waals surface area contributed by atoms with Gasteiger partial charge < -0.3 is 9.64 Å². The summed E-state index contributed by atoms with van der Waals surface area (Å²) in [5.41, 5.74) is 0.623. The molecular weight excluding hydrogens is 409 g/mol. The monoisotopic (exact) mass is 423 g/mol. The molecule has 0 aromatic heterocycles. The molecule has 1 fully saturated rings. The van der Waals surface area contributed by atoms with Crippen LogP contribution in [0.2, 0.25) is 5.02 Å². The van der Waals surface area contributed by atoms with Gasteiger partial charge in [-0.1, -0.05) is 27.5 Å². The van der Waals surface area contributed by atoms with E-state index in [0.29, 0.717) is 10.6 Å². The topological polar surface area (TPSA) is 29.5 Å². The van der Waals surface area contributed by atoms with E-state index in [1.54, 1.807) is 18.2 Å². The van der Waals surface area contributed by atoms with E-state index in [9.17, 15) is 4.79 Å². The number of carbonyl (C=O) groups excluding carboxylic acids is 1. The number of hydrogen-bond donors (Lipinski definition) is 0. The number of alkyl halides is 1. The Bertz CT molecular complexity index is 476. The molecule has 1 aliphatic rings. The van der Waals surface area contributed by atoms with E-state index in [4.69, 9.17) is 16.3 Å². The molecule has 1 heterocycles. The van der Waals surface area contributed by atoms with Crippen molar-refractivity contribution in [1.29, 1.82) is 0 Å². The molecule has 0 atom stereocenters. The van der Waals surface area contributed by atoms with Crippen molar-refractivity contribution in [2.24, 2.45) is 0 Å². The van der Waals surface area contributed by atoms with E-state index < -0.39 is 0 Å². The molecule has 0 unspecified atom stereocenters. The number of nitrogens with zero attached hydrogens (tertiary/aromatic N) is 1. The molecule has 0 bridgehead atoms. The van der Waals surface area contributed by atoms with Crippen molar-refractivity contribution in [1.82, 2.24) is 4.90 Å². The van der Waals surface area contributed by atoms with E-state index in [-0.39, 0.29) is 12.0 Å². The second-order valence-corrected chi connectivity index (χ2v) is 6.76. The van der Waals surface area contributed by atoms with Gasteiger partial charge in [0.25, 0.3) is 5.91 Å². The van der Waals surface area contributed by atoms with Gasteiger partial charge in [-0.15, -0.1) is 0 Å². The van der Waals surface area contributed by atoms with Gasteiger partial charge in [-0.2, -0.15) is 0 Å². The molecule has 1 aliphatic heterocycles. The minimum Gasteiger partial charge on any atom is -0.377 e. The zero-order chi connectivity index (χ0) is 14.5. The third kappa shape index (κ3) is 4.20. The van der Waals surface area contributed by atoms with Crippen molar-refractivity contribution in [3.05, 3.63) is 33.3 Å². The predicted molar refractivity (Wildman–Crippen MR) is 87.8 cm³/mol. The smallest absolute Gasteiger partial charge is 0.255 e. The number of rotatable bonds is 4. The average molecular weight is 426 g/mol. The van der Waals surface area contributed by atoms with Gasteiger partial charge in [0.05, 0.1) is 18.3 Å².